The third kappa shape index (κ3) is 4.15. The van der Waals surface area contributed by atoms with Crippen molar-refractivity contribution in [3.05, 3.63) is 142 Å². The third-order valence-corrected chi connectivity index (χ3v) is 10.0. The van der Waals surface area contributed by atoms with Gasteiger partial charge in [-0.25, -0.2) is 9.97 Å². The molecule has 3 heterocycles. The monoisotopic (exact) mass is 648 g/mol. The number of benzene rings is 7. The molecule has 6 nitrogen and oxygen atoms in total. The van der Waals surface area contributed by atoms with Gasteiger partial charge < -0.3 is 8.83 Å². The van der Waals surface area contributed by atoms with E-state index in [0.717, 1.165) is 21.9 Å². The largest absolute Gasteiger partial charge is 0.456 e. The number of aromatic nitrogens is 2. The molecule has 0 atom stereocenters. The predicted molar refractivity (Wildman–Crippen MR) is 202 cm³/mol. The van der Waals surface area contributed by atoms with Crippen LogP contribution in [0, 0.1) is 0 Å². The van der Waals surface area contributed by atoms with E-state index in [-0.39, 0.29) is 27.2 Å². The third-order valence-electron chi connectivity index (χ3n) is 10.0. The molecule has 7 aromatic carbocycles. The van der Waals surface area contributed by atoms with Crippen molar-refractivity contribution >= 4 is 76.2 Å². The van der Waals surface area contributed by atoms with Crippen LogP contribution in [-0.4, -0.2) is 9.97 Å². The molecule has 6 heteroatoms. The maximum absolute atomic E-state index is 14.1. The second-order valence-electron chi connectivity index (χ2n) is 14.1. The van der Waals surface area contributed by atoms with Crippen LogP contribution in [0.2, 0.25) is 0 Å². The highest BCUT2D eigenvalue weighted by Crippen LogP contribution is 2.40. The summed E-state index contributed by atoms with van der Waals surface area (Å²) in [5, 5.41) is 8.74. The molecule has 10 rings (SSSR count). The van der Waals surface area contributed by atoms with Crippen molar-refractivity contribution in [1.82, 2.24) is 9.97 Å². The molecule has 0 amide bonds. The molecule has 10 aromatic rings. The molecule has 0 aliphatic carbocycles. The fourth-order valence-corrected chi connectivity index (χ4v) is 7.45. The van der Waals surface area contributed by atoms with E-state index in [4.69, 9.17) is 8.83 Å². The van der Waals surface area contributed by atoms with Crippen LogP contribution in [0.4, 0.5) is 0 Å². The van der Waals surface area contributed by atoms with Crippen LogP contribution in [-0.2, 0) is 5.41 Å². The van der Waals surface area contributed by atoms with Crippen molar-refractivity contribution in [2.45, 2.75) is 26.2 Å². The minimum atomic E-state index is -0.256. The van der Waals surface area contributed by atoms with E-state index in [0.29, 0.717) is 44.3 Å². The number of rotatable bonds is 2. The van der Waals surface area contributed by atoms with Crippen LogP contribution < -0.4 is 10.9 Å². The number of nitrogens with zero attached hydrogens (tertiary/aromatic N) is 2. The fraction of sp³-hybridized carbons (Fsp3) is 0.0909. The zero-order valence-corrected chi connectivity index (χ0v) is 27.5. The molecule has 0 fully saturated rings. The Kier molecular flexibility index (Phi) is 5.75. The summed E-state index contributed by atoms with van der Waals surface area (Å²) < 4.78 is 12.7. The summed E-state index contributed by atoms with van der Waals surface area (Å²) in [7, 11) is 0. The van der Waals surface area contributed by atoms with Crippen LogP contribution in [0.25, 0.3) is 98.7 Å². The van der Waals surface area contributed by atoms with E-state index in [1.165, 1.54) is 27.1 Å². The minimum absolute atomic E-state index is 0.0612. The zero-order valence-electron chi connectivity index (χ0n) is 27.5. The fourth-order valence-electron chi connectivity index (χ4n) is 7.45. The molecule has 0 N–H and O–H groups in total. The Morgan fingerprint density at radius 1 is 0.500 bits per heavy atom. The normalized spacial score (nSPS) is 12.5. The highest BCUT2D eigenvalue weighted by atomic mass is 16.3. The summed E-state index contributed by atoms with van der Waals surface area (Å²) in [6, 6.07) is 33.9. The van der Waals surface area contributed by atoms with Gasteiger partial charge >= 0.3 is 0 Å². The minimum Gasteiger partial charge on any atom is -0.456 e. The van der Waals surface area contributed by atoms with Crippen molar-refractivity contribution < 1.29 is 8.83 Å². The summed E-state index contributed by atoms with van der Waals surface area (Å²) in [5.74, 6) is 0.510. The van der Waals surface area contributed by atoms with Crippen molar-refractivity contribution in [2.24, 2.45) is 0 Å². The van der Waals surface area contributed by atoms with E-state index in [9.17, 15) is 9.59 Å². The quantitative estimate of drug-likeness (QED) is 0.137. The Bertz CT molecular complexity index is 3100. The first kappa shape index (κ1) is 28.6. The molecule has 50 heavy (non-hydrogen) atoms. The van der Waals surface area contributed by atoms with Crippen LogP contribution in [0.15, 0.2) is 134 Å². The number of hydrogen-bond donors (Lipinski definition) is 0. The lowest BCUT2D eigenvalue weighted by Crippen LogP contribution is -2.10. The molecule has 0 aliphatic heterocycles. The van der Waals surface area contributed by atoms with Gasteiger partial charge in [0.2, 0.25) is 10.9 Å². The summed E-state index contributed by atoms with van der Waals surface area (Å²) in [6.45, 7) is 6.75. The van der Waals surface area contributed by atoms with E-state index in [1.807, 2.05) is 12.1 Å². The van der Waals surface area contributed by atoms with Crippen LogP contribution in [0.5, 0.6) is 0 Å². The topological polar surface area (TPSA) is 86.2 Å². The molecule has 0 saturated heterocycles. The lowest BCUT2D eigenvalue weighted by Gasteiger charge is -2.21. The first-order chi connectivity index (χ1) is 24.2. The highest BCUT2D eigenvalue weighted by molar-refractivity contribution is 6.24. The van der Waals surface area contributed by atoms with Gasteiger partial charge in [-0.2, -0.15) is 0 Å². The summed E-state index contributed by atoms with van der Waals surface area (Å²) in [6.07, 6.45) is 3.31. The van der Waals surface area contributed by atoms with Crippen LogP contribution in [0.1, 0.15) is 26.3 Å². The Balaban J connectivity index is 1.14. The SMILES string of the molecule is CC(C)(C)c1cc2ccc3cc(-c4ccc5c(=O)c6c(ccc7c(=O)c8ccc(-c9ncccn9)cc8oc76)oc5c4)cc4ccc(c1)c2c34. The second-order valence-corrected chi connectivity index (χ2v) is 14.1. The second kappa shape index (κ2) is 10.1. The summed E-state index contributed by atoms with van der Waals surface area (Å²) in [4.78, 5) is 36.4. The first-order valence-corrected chi connectivity index (χ1v) is 16.6. The van der Waals surface area contributed by atoms with Gasteiger partial charge in [-0.15, -0.1) is 0 Å². The Hall–Kier alpha value is -6.40. The highest BCUT2D eigenvalue weighted by Gasteiger charge is 2.20. The van der Waals surface area contributed by atoms with Gasteiger partial charge in [0.05, 0.1) is 16.2 Å². The lowest BCUT2D eigenvalue weighted by atomic mass is 9.83. The standard InChI is InChI=1S/C44H28N2O4/c1-44(2,3)30-19-26-7-5-24-17-29(18-25-6-8-27(20-30)38(26)37(24)25)23-9-11-32-35(21-23)49-34-14-13-33-40(47)31-12-10-28(43-45-15-4-16-46-43)22-36(31)50-42(33)39(34)41(32)48/h4-22H,1-3H3. The molecule has 0 aliphatic rings. The Morgan fingerprint density at radius 3 is 1.72 bits per heavy atom. The molecule has 0 saturated carbocycles. The van der Waals surface area contributed by atoms with Crippen molar-refractivity contribution in [1.29, 1.82) is 0 Å². The van der Waals surface area contributed by atoms with Crippen LogP contribution in [0.3, 0.4) is 0 Å². The van der Waals surface area contributed by atoms with Gasteiger partial charge in [0.15, 0.2) is 11.4 Å². The average Bonchev–Trinajstić information content (AvgIpc) is 3.13. The van der Waals surface area contributed by atoms with Crippen molar-refractivity contribution in [2.75, 3.05) is 0 Å². The maximum atomic E-state index is 14.1. The van der Waals surface area contributed by atoms with Crippen molar-refractivity contribution in [3.8, 4) is 22.5 Å². The maximum Gasteiger partial charge on any atom is 0.204 e. The molecule has 0 spiro atoms. The molecule has 0 radical (unpaired) electrons. The van der Waals surface area contributed by atoms with Gasteiger partial charge in [-0.1, -0.05) is 69.3 Å². The van der Waals surface area contributed by atoms with E-state index >= 15 is 0 Å². The molecule has 0 bridgehead atoms. The molecule has 238 valence electrons. The predicted octanol–water partition coefficient (Wildman–Crippen LogP) is 10.5. The van der Waals surface area contributed by atoms with Gasteiger partial charge in [-0.3, -0.25) is 9.59 Å². The van der Waals surface area contributed by atoms with E-state index in [1.54, 1.807) is 54.9 Å². The Labute approximate surface area is 284 Å². The van der Waals surface area contributed by atoms with Crippen molar-refractivity contribution in [3.63, 3.8) is 0 Å². The number of fused-ring (bicyclic) bond motifs is 5. The van der Waals surface area contributed by atoms with E-state index in [2.05, 4.69) is 79.3 Å². The van der Waals surface area contributed by atoms with Gasteiger partial charge in [0.25, 0.3) is 0 Å². The smallest absolute Gasteiger partial charge is 0.204 e. The van der Waals surface area contributed by atoms with Gasteiger partial charge in [0, 0.05) is 18.0 Å². The molecular formula is C44H28N2O4. The zero-order chi connectivity index (χ0) is 33.9. The van der Waals surface area contributed by atoms with Gasteiger partial charge in [-0.05, 0) is 109 Å². The average molecular weight is 649 g/mol. The molecule has 3 aromatic heterocycles. The van der Waals surface area contributed by atoms with Crippen LogP contribution >= 0.6 is 0 Å². The molecular weight excluding hydrogens is 620 g/mol. The number of hydrogen-bond acceptors (Lipinski definition) is 6. The summed E-state index contributed by atoms with van der Waals surface area (Å²) >= 11 is 0. The van der Waals surface area contributed by atoms with E-state index < -0.39 is 0 Å². The lowest BCUT2D eigenvalue weighted by molar-refractivity contribution is 0.591. The first-order valence-electron chi connectivity index (χ1n) is 16.6. The van der Waals surface area contributed by atoms with Gasteiger partial charge in [0.1, 0.15) is 22.1 Å². The Morgan fingerprint density at radius 2 is 1.06 bits per heavy atom. The molecule has 0 unspecified atom stereocenters. The summed E-state index contributed by atoms with van der Waals surface area (Å²) in [5.41, 5.74) is 4.94.